The summed E-state index contributed by atoms with van der Waals surface area (Å²) < 4.78 is 5.67. The van der Waals surface area contributed by atoms with Crippen molar-refractivity contribution in [2.75, 3.05) is 38.8 Å². The Morgan fingerprint density at radius 1 is 1.41 bits per heavy atom. The van der Waals surface area contributed by atoms with Crippen LogP contribution in [0, 0.1) is 6.92 Å². The summed E-state index contributed by atoms with van der Waals surface area (Å²) in [6.45, 7) is 5.06. The molecule has 118 valence electrons. The summed E-state index contributed by atoms with van der Waals surface area (Å²) in [6.07, 6.45) is 0. The summed E-state index contributed by atoms with van der Waals surface area (Å²) in [5.41, 5.74) is 3.95. The minimum Gasteiger partial charge on any atom is -0.378 e. The van der Waals surface area contributed by atoms with Gasteiger partial charge in [0.1, 0.15) is 11.6 Å². The second kappa shape index (κ2) is 6.68. The van der Waals surface area contributed by atoms with Gasteiger partial charge in [-0.1, -0.05) is 0 Å². The molecule has 1 aliphatic heterocycles. The molecule has 2 aromatic heterocycles. The summed E-state index contributed by atoms with van der Waals surface area (Å²) in [6, 6.07) is 2.08. The molecule has 1 atom stereocenters. The van der Waals surface area contributed by atoms with Crippen LogP contribution < -0.4 is 4.90 Å². The summed E-state index contributed by atoms with van der Waals surface area (Å²) >= 11 is 1.63. The first-order chi connectivity index (χ1) is 10.6. The zero-order chi connectivity index (χ0) is 15.5. The molecule has 0 amide bonds. The van der Waals surface area contributed by atoms with Gasteiger partial charge in [-0.25, -0.2) is 15.0 Å². The maximum absolute atomic E-state index is 5.67. The van der Waals surface area contributed by atoms with Crippen molar-refractivity contribution in [1.29, 1.82) is 0 Å². The highest BCUT2D eigenvalue weighted by Crippen LogP contribution is 2.25. The molecule has 0 saturated carbocycles. The minimum atomic E-state index is 0.0778. The smallest absolute Gasteiger partial charge is 0.150 e. The van der Waals surface area contributed by atoms with Crippen molar-refractivity contribution in [2.45, 2.75) is 19.5 Å². The van der Waals surface area contributed by atoms with Crippen molar-refractivity contribution < 1.29 is 4.74 Å². The van der Waals surface area contributed by atoms with Gasteiger partial charge in [0.15, 0.2) is 0 Å². The molecule has 3 rings (SSSR count). The van der Waals surface area contributed by atoms with E-state index in [0.717, 1.165) is 42.7 Å². The molecule has 0 N–H and O–H groups in total. The van der Waals surface area contributed by atoms with E-state index in [1.165, 1.54) is 0 Å². The van der Waals surface area contributed by atoms with Crippen LogP contribution in [0.4, 0.5) is 5.82 Å². The maximum atomic E-state index is 5.67. The maximum Gasteiger partial charge on any atom is 0.150 e. The quantitative estimate of drug-likeness (QED) is 0.858. The number of morpholine rings is 1. The number of hydrogen-bond acceptors (Lipinski definition) is 7. The lowest BCUT2D eigenvalue weighted by atomic mass is 10.2. The molecular formula is C15H21N5OS. The second-order valence-electron chi connectivity index (χ2n) is 5.66. The lowest BCUT2D eigenvalue weighted by Gasteiger charge is -2.34. The van der Waals surface area contributed by atoms with Crippen LogP contribution in [0.1, 0.15) is 23.3 Å². The zero-order valence-electron chi connectivity index (χ0n) is 13.2. The van der Waals surface area contributed by atoms with E-state index in [9.17, 15) is 0 Å². The van der Waals surface area contributed by atoms with Crippen LogP contribution in [0.25, 0.3) is 0 Å². The van der Waals surface area contributed by atoms with Crippen LogP contribution in [0.2, 0.25) is 0 Å². The summed E-state index contributed by atoms with van der Waals surface area (Å²) in [5.74, 6) is 1.76. The van der Waals surface area contributed by atoms with E-state index in [-0.39, 0.29) is 6.04 Å². The third-order valence-corrected chi connectivity index (χ3v) is 4.34. The number of rotatable bonds is 4. The molecule has 6 nitrogen and oxygen atoms in total. The van der Waals surface area contributed by atoms with Gasteiger partial charge in [0.05, 0.1) is 30.5 Å². The minimum absolute atomic E-state index is 0.0778. The van der Waals surface area contributed by atoms with Crippen molar-refractivity contribution >= 4 is 17.2 Å². The van der Waals surface area contributed by atoms with E-state index in [0.29, 0.717) is 6.61 Å². The van der Waals surface area contributed by atoms with E-state index >= 15 is 0 Å². The summed E-state index contributed by atoms with van der Waals surface area (Å²) in [4.78, 5) is 18.1. The van der Waals surface area contributed by atoms with Gasteiger partial charge >= 0.3 is 0 Å². The molecule has 0 aromatic carbocycles. The molecular weight excluding hydrogens is 298 g/mol. The Morgan fingerprint density at radius 2 is 2.27 bits per heavy atom. The molecule has 1 aliphatic rings. The van der Waals surface area contributed by atoms with Gasteiger partial charge in [-0.2, -0.15) is 0 Å². The number of nitrogens with zero attached hydrogens (tertiary/aromatic N) is 5. The van der Waals surface area contributed by atoms with Crippen LogP contribution in [-0.2, 0) is 11.3 Å². The fraction of sp³-hybridized carbons (Fsp3) is 0.533. The standard InChI is InChI=1S/C15H21N5OS/c1-11-6-14(19(2)3)18-15(17-11)13-8-21-5-4-20(13)7-12-9-22-10-16-12/h6,9-10,13H,4-5,7-8H2,1-3H3/t13-/m1/s1. The first-order valence-electron chi connectivity index (χ1n) is 7.35. The lowest BCUT2D eigenvalue weighted by Crippen LogP contribution is -2.40. The first kappa shape index (κ1) is 15.3. The zero-order valence-corrected chi connectivity index (χ0v) is 14.0. The highest BCUT2D eigenvalue weighted by atomic mass is 32.1. The van der Waals surface area contributed by atoms with E-state index in [1.807, 2.05) is 37.5 Å². The number of ether oxygens (including phenoxy) is 1. The fourth-order valence-electron chi connectivity index (χ4n) is 2.54. The van der Waals surface area contributed by atoms with Crippen molar-refractivity contribution in [3.05, 3.63) is 34.2 Å². The molecule has 7 heteroatoms. The Labute approximate surface area is 134 Å². The van der Waals surface area contributed by atoms with E-state index in [2.05, 4.69) is 20.2 Å². The fourth-order valence-corrected chi connectivity index (χ4v) is 3.09. The Morgan fingerprint density at radius 3 is 3.00 bits per heavy atom. The SMILES string of the molecule is Cc1cc(N(C)C)nc([C@H]2COCCN2Cc2cscn2)n1. The number of anilines is 1. The number of aromatic nitrogens is 3. The van der Waals surface area contributed by atoms with E-state index in [4.69, 9.17) is 9.72 Å². The first-order valence-corrected chi connectivity index (χ1v) is 8.29. The molecule has 0 radical (unpaired) electrons. The monoisotopic (exact) mass is 319 g/mol. The third-order valence-electron chi connectivity index (χ3n) is 3.70. The highest BCUT2D eigenvalue weighted by Gasteiger charge is 2.28. The van der Waals surface area contributed by atoms with Gasteiger partial charge in [-0.05, 0) is 6.92 Å². The van der Waals surface area contributed by atoms with Crippen LogP contribution in [0.15, 0.2) is 17.0 Å². The normalized spacial score (nSPS) is 19.3. The van der Waals surface area contributed by atoms with Gasteiger partial charge in [-0.3, -0.25) is 4.90 Å². The molecule has 3 heterocycles. The number of hydrogen-bond donors (Lipinski definition) is 0. The molecule has 1 fully saturated rings. The van der Waals surface area contributed by atoms with Crippen LogP contribution >= 0.6 is 11.3 Å². The van der Waals surface area contributed by atoms with Gasteiger partial charge in [0, 0.05) is 44.3 Å². The third kappa shape index (κ3) is 3.43. The molecule has 1 saturated heterocycles. The second-order valence-corrected chi connectivity index (χ2v) is 6.38. The average molecular weight is 319 g/mol. The average Bonchev–Trinajstić information content (AvgIpc) is 3.00. The van der Waals surface area contributed by atoms with Crippen LogP contribution in [0.3, 0.4) is 0 Å². The van der Waals surface area contributed by atoms with Crippen LogP contribution in [0.5, 0.6) is 0 Å². The van der Waals surface area contributed by atoms with Gasteiger partial charge in [0.2, 0.25) is 0 Å². The van der Waals surface area contributed by atoms with Gasteiger partial charge in [-0.15, -0.1) is 11.3 Å². The molecule has 2 aromatic rings. The predicted molar refractivity (Wildman–Crippen MR) is 87.2 cm³/mol. The number of aryl methyl sites for hydroxylation is 1. The molecule has 0 spiro atoms. The van der Waals surface area contributed by atoms with E-state index < -0.39 is 0 Å². The molecule has 22 heavy (non-hydrogen) atoms. The highest BCUT2D eigenvalue weighted by molar-refractivity contribution is 7.07. The largest absolute Gasteiger partial charge is 0.378 e. The summed E-state index contributed by atoms with van der Waals surface area (Å²) in [7, 11) is 3.99. The van der Waals surface area contributed by atoms with Crippen molar-refractivity contribution in [1.82, 2.24) is 19.9 Å². The lowest BCUT2D eigenvalue weighted by molar-refractivity contribution is -0.0164. The topological polar surface area (TPSA) is 54.4 Å². The Hall–Kier alpha value is -1.57. The van der Waals surface area contributed by atoms with Crippen molar-refractivity contribution in [2.24, 2.45) is 0 Å². The van der Waals surface area contributed by atoms with Gasteiger partial charge in [0.25, 0.3) is 0 Å². The summed E-state index contributed by atoms with van der Waals surface area (Å²) in [5, 5.41) is 2.09. The van der Waals surface area contributed by atoms with Crippen molar-refractivity contribution in [3.63, 3.8) is 0 Å². The predicted octanol–water partition coefficient (Wildman–Crippen LogP) is 1.88. The Bertz CT molecular complexity index is 616. The molecule has 0 bridgehead atoms. The Kier molecular flexibility index (Phi) is 4.66. The van der Waals surface area contributed by atoms with Crippen LogP contribution in [-0.4, -0.2) is 53.7 Å². The van der Waals surface area contributed by atoms with E-state index in [1.54, 1.807) is 11.3 Å². The van der Waals surface area contributed by atoms with Gasteiger partial charge < -0.3 is 9.64 Å². The van der Waals surface area contributed by atoms with Crippen molar-refractivity contribution in [3.8, 4) is 0 Å². The molecule has 0 unspecified atom stereocenters. The molecule has 0 aliphatic carbocycles. The number of thiazole rings is 1. The Balaban J connectivity index is 1.86.